The topological polar surface area (TPSA) is 412 Å². The van der Waals surface area contributed by atoms with E-state index in [1.165, 1.54) is 17.2 Å². The van der Waals surface area contributed by atoms with Crippen molar-refractivity contribution in [3.63, 3.8) is 0 Å². The predicted octanol–water partition coefficient (Wildman–Crippen LogP) is -9.06. The Morgan fingerprint density at radius 2 is 1.65 bits per heavy atom. The van der Waals surface area contributed by atoms with Gasteiger partial charge in [0.25, 0.3) is 7.82 Å². The van der Waals surface area contributed by atoms with E-state index in [1.807, 2.05) is 0 Å². The number of nitrogens with two attached hydrogens (primary N) is 1. The molecule has 0 saturated carbocycles. The number of fused-ring (bicyclic) bond motifs is 2. The fourth-order valence-electron chi connectivity index (χ4n) is 2.59. The molecule has 0 aromatic carbocycles. The van der Waals surface area contributed by atoms with Gasteiger partial charge in [-0.1, -0.05) is 0 Å². The first-order valence-electron chi connectivity index (χ1n) is 6.34. The van der Waals surface area contributed by atoms with E-state index in [2.05, 4.69) is 19.5 Å². The van der Waals surface area contributed by atoms with Gasteiger partial charge in [-0.25, -0.2) is 15.0 Å². The number of rotatable bonds is 1. The summed E-state index contributed by atoms with van der Waals surface area (Å²) in [5.74, 6) is 0.172. The van der Waals surface area contributed by atoms with Crippen molar-refractivity contribution >= 4 is 47.9 Å². The maximum atomic E-state index is 12.4. The molecule has 2 aromatic heterocycles. The van der Waals surface area contributed by atoms with Gasteiger partial charge in [-0.2, -0.15) is 0 Å². The van der Waals surface area contributed by atoms with Crippen LogP contribution in [-0.4, -0.2) is 111 Å². The summed E-state index contributed by atoms with van der Waals surface area (Å²) in [5, 5.41) is 12.4. The standard InChI is InChI=1S/C10H11N5O6P.Mg.8H2O/c11-8-5-9(13-2-12-8)15(3-14-5)10-6(16)7-4(20-10)1-19-22(17,18)21-7;;;;;;;;;/h2-4,6-7,10H,1H2,(H,17,18)(H2,11,12,13);;8*1H2/q-1;+2;;;;;;;;/p-1/t4-,6-,7-,10-;;;;;;;;;/m1........./s1. The molecule has 4 rings (SSSR count). The Balaban J connectivity index is -0.000000174. The molecule has 0 amide bonds. The second kappa shape index (κ2) is 15.6. The number of hydrogen-bond acceptors (Lipinski definition) is 10. The van der Waals surface area contributed by atoms with Gasteiger partial charge in [0.15, 0.2) is 11.5 Å². The maximum Gasteiger partial charge on any atom is 2.00 e. The largest absolute Gasteiger partial charge is 2.00 e. The SMILES string of the molecule is Nc1ncnc2c1ncn2[C@@H]1O[C@@H]2COP(=O)([O-])O[C@H]2[C@H]1[O-].O.O.O.O.O.O.O.O.[Mg+2]. The minimum atomic E-state index is -4.45. The second-order valence-corrected chi connectivity index (χ2v) is 6.29. The van der Waals surface area contributed by atoms with E-state index in [0.29, 0.717) is 11.2 Å². The van der Waals surface area contributed by atoms with Crippen molar-refractivity contribution < 1.29 is 72.2 Å². The van der Waals surface area contributed by atoms with Crippen molar-refractivity contribution in [3.05, 3.63) is 12.7 Å². The van der Waals surface area contributed by atoms with Crippen LogP contribution in [0.5, 0.6) is 0 Å². The van der Waals surface area contributed by atoms with Crippen molar-refractivity contribution in [2.75, 3.05) is 12.3 Å². The van der Waals surface area contributed by atoms with Gasteiger partial charge in [0, 0.05) is 0 Å². The third-order valence-corrected chi connectivity index (χ3v) is 4.56. The predicted molar refractivity (Wildman–Crippen MR) is 101 cm³/mol. The van der Waals surface area contributed by atoms with Crippen molar-refractivity contribution in [2.24, 2.45) is 0 Å². The summed E-state index contributed by atoms with van der Waals surface area (Å²) in [5.41, 5.74) is 6.34. The second-order valence-electron chi connectivity index (χ2n) is 4.93. The van der Waals surface area contributed by atoms with E-state index in [0.717, 1.165) is 0 Å². The first-order chi connectivity index (χ1) is 10.5. The number of hydrogen-bond donors (Lipinski definition) is 1. The summed E-state index contributed by atoms with van der Waals surface area (Å²) in [6.45, 7) is -0.259. The molecule has 31 heavy (non-hydrogen) atoms. The molecule has 0 aliphatic carbocycles. The van der Waals surface area contributed by atoms with Gasteiger partial charge in [-0.3, -0.25) is 9.13 Å². The average molecular weight is 496 g/mol. The molecule has 19 nitrogen and oxygen atoms in total. The molecule has 0 bridgehead atoms. The van der Waals surface area contributed by atoms with Crippen LogP contribution < -0.4 is 15.7 Å². The summed E-state index contributed by atoms with van der Waals surface area (Å²) >= 11 is 0. The summed E-state index contributed by atoms with van der Waals surface area (Å²) in [6.07, 6.45) is -1.86. The van der Waals surface area contributed by atoms with Crippen LogP contribution in [0.25, 0.3) is 11.2 Å². The number of anilines is 1. The molecular weight excluding hydrogens is 469 g/mol. The van der Waals surface area contributed by atoms with E-state index in [9.17, 15) is 14.6 Å². The Labute approximate surface area is 189 Å². The van der Waals surface area contributed by atoms with Gasteiger partial charge in [0.2, 0.25) is 0 Å². The molecule has 2 aliphatic heterocycles. The molecule has 21 heteroatoms. The minimum absolute atomic E-state index is 0. The Morgan fingerprint density at radius 1 is 1.06 bits per heavy atom. The number of nitrogen functional groups attached to an aromatic ring is 1. The van der Waals surface area contributed by atoms with E-state index in [4.69, 9.17) is 15.0 Å². The number of ether oxygens (including phenoxy) is 1. The summed E-state index contributed by atoms with van der Waals surface area (Å²) in [4.78, 5) is 23.2. The summed E-state index contributed by atoms with van der Waals surface area (Å²) < 4.78 is 27.5. The average Bonchev–Trinajstić information content (AvgIpc) is 3.01. The van der Waals surface area contributed by atoms with Crippen LogP contribution >= 0.6 is 7.82 Å². The zero-order chi connectivity index (χ0) is 15.5. The molecule has 2 aromatic rings. The first-order valence-corrected chi connectivity index (χ1v) is 7.80. The Hall–Kier alpha value is -1.17. The van der Waals surface area contributed by atoms with Gasteiger partial charge < -0.3 is 73.3 Å². The number of phosphoric acid groups is 1. The van der Waals surface area contributed by atoms with Crippen LogP contribution in [0.3, 0.4) is 0 Å². The van der Waals surface area contributed by atoms with Crippen LogP contribution in [0.2, 0.25) is 0 Å². The maximum absolute atomic E-state index is 12.4. The van der Waals surface area contributed by atoms with Crippen LogP contribution in [0, 0.1) is 0 Å². The molecule has 2 fully saturated rings. The molecule has 182 valence electrons. The molecular formula is C10H26MgN5O14P. The Bertz CT molecular complexity index is 800. The molecule has 5 atom stereocenters. The number of aromatic nitrogens is 4. The van der Waals surface area contributed by atoms with Crippen LogP contribution in [0.15, 0.2) is 12.7 Å². The van der Waals surface area contributed by atoms with E-state index < -0.39 is 32.4 Å². The fraction of sp³-hybridized carbons (Fsp3) is 0.500. The monoisotopic (exact) mass is 495 g/mol. The number of nitrogens with zero attached hydrogens (tertiary/aromatic N) is 4. The van der Waals surface area contributed by atoms with Crippen molar-refractivity contribution in [1.29, 1.82) is 0 Å². The third-order valence-electron chi connectivity index (χ3n) is 3.59. The van der Waals surface area contributed by atoms with Gasteiger partial charge >= 0.3 is 23.1 Å². The summed E-state index contributed by atoms with van der Waals surface area (Å²) in [6, 6.07) is 0. The van der Waals surface area contributed by atoms with Crippen LogP contribution in [0.4, 0.5) is 5.82 Å². The fourth-order valence-corrected chi connectivity index (χ4v) is 3.54. The zero-order valence-electron chi connectivity index (χ0n) is 15.6. The van der Waals surface area contributed by atoms with Crippen molar-refractivity contribution in [2.45, 2.75) is 24.5 Å². The van der Waals surface area contributed by atoms with Gasteiger partial charge in [0.1, 0.15) is 24.2 Å². The smallest absolute Gasteiger partial charge is 0.847 e. The van der Waals surface area contributed by atoms with Gasteiger partial charge in [-0.05, 0) is 6.10 Å². The molecule has 2 aliphatic rings. The molecule has 0 spiro atoms. The normalized spacial score (nSPS) is 27.2. The Morgan fingerprint density at radius 3 is 2.23 bits per heavy atom. The quantitative estimate of drug-likeness (QED) is 0.287. The third kappa shape index (κ3) is 7.43. The number of imidazole rings is 1. The molecule has 1 unspecified atom stereocenters. The van der Waals surface area contributed by atoms with Crippen LogP contribution in [0.1, 0.15) is 6.23 Å². The Kier molecular flexibility index (Phi) is 22.0. The van der Waals surface area contributed by atoms with Crippen molar-refractivity contribution in [3.8, 4) is 0 Å². The number of phosphoric ester groups is 1. The minimum Gasteiger partial charge on any atom is -0.847 e. The van der Waals surface area contributed by atoms with E-state index in [-0.39, 0.29) is 79.3 Å². The summed E-state index contributed by atoms with van der Waals surface area (Å²) in [7, 11) is -4.45. The first kappa shape index (κ1) is 43.7. The van der Waals surface area contributed by atoms with E-state index in [1.54, 1.807) is 0 Å². The van der Waals surface area contributed by atoms with Gasteiger partial charge in [0.05, 0.1) is 19.0 Å². The van der Waals surface area contributed by atoms with E-state index >= 15 is 0 Å². The zero-order valence-corrected chi connectivity index (χ0v) is 17.9. The molecule has 18 N–H and O–H groups in total. The van der Waals surface area contributed by atoms with Crippen LogP contribution in [-0.2, 0) is 18.3 Å². The molecule has 4 heterocycles. The van der Waals surface area contributed by atoms with Gasteiger partial charge in [-0.15, -0.1) is 0 Å². The molecule has 2 saturated heterocycles. The molecule has 0 radical (unpaired) electrons. The van der Waals surface area contributed by atoms with Crippen molar-refractivity contribution in [1.82, 2.24) is 19.5 Å².